The summed E-state index contributed by atoms with van der Waals surface area (Å²) in [5.74, 6) is 0. The zero-order valence-electron chi connectivity index (χ0n) is 22.4. The second kappa shape index (κ2) is 20.2. The van der Waals surface area contributed by atoms with Crippen LogP contribution in [-0.2, 0) is 41.1 Å². The fourth-order valence-corrected chi connectivity index (χ4v) is 7.89. The van der Waals surface area contributed by atoms with Crippen LogP contribution in [-0.4, -0.2) is 102 Å². The predicted molar refractivity (Wildman–Crippen MR) is 136 cm³/mol. The first-order chi connectivity index (χ1) is 16.6. The first-order valence-electron chi connectivity index (χ1n) is 13.1. The van der Waals surface area contributed by atoms with E-state index >= 15 is 0 Å². The predicted octanol–water partition coefficient (Wildman–Crippen LogP) is 3.31. The average Bonchev–Trinajstić information content (AvgIpc) is 3.73. The molecule has 9 nitrogen and oxygen atoms in total. The fraction of sp³-hybridized carbons (Fsp3) is 1.00. The maximum atomic E-state index is 5.79. The van der Waals surface area contributed by atoms with Crippen molar-refractivity contribution in [3.05, 3.63) is 0 Å². The van der Waals surface area contributed by atoms with Crippen LogP contribution in [0.2, 0.25) is 12.1 Å². The van der Waals surface area contributed by atoms with Crippen LogP contribution in [0.1, 0.15) is 54.4 Å². The Morgan fingerprint density at radius 1 is 0.794 bits per heavy atom. The Kier molecular flexibility index (Phi) is 19.0. The quantitative estimate of drug-likeness (QED) is 0.120. The molecule has 0 N–H and O–H groups in total. The van der Waals surface area contributed by atoms with E-state index in [2.05, 4.69) is 6.92 Å². The van der Waals surface area contributed by atoms with Gasteiger partial charge in [0.1, 0.15) is 12.2 Å². The van der Waals surface area contributed by atoms with Crippen LogP contribution in [0.15, 0.2) is 0 Å². The van der Waals surface area contributed by atoms with Crippen LogP contribution >= 0.6 is 0 Å². The van der Waals surface area contributed by atoms with Crippen LogP contribution in [0.5, 0.6) is 0 Å². The summed E-state index contributed by atoms with van der Waals surface area (Å²) in [5.41, 5.74) is 0. The van der Waals surface area contributed by atoms with Gasteiger partial charge in [0.25, 0.3) is 0 Å². The fourth-order valence-electron chi connectivity index (χ4n) is 3.30. The molecular weight excluding hydrogens is 476 g/mol. The average molecular weight is 527 g/mol. The van der Waals surface area contributed by atoms with Crippen molar-refractivity contribution in [1.29, 1.82) is 0 Å². The van der Waals surface area contributed by atoms with Crippen molar-refractivity contribution in [2.24, 2.45) is 0 Å². The molecule has 2 saturated heterocycles. The van der Waals surface area contributed by atoms with E-state index in [-0.39, 0.29) is 6.10 Å². The second-order valence-electron chi connectivity index (χ2n) is 8.01. The number of rotatable bonds is 22. The first kappa shape index (κ1) is 32.1. The molecular formula is C23H50O9Si2. The van der Waals surface area contributed by atoms with E-state index in [0.29, 0.717) is 45.2 Å². The van der Waals surface area contributed by atoms with E-state index in [1.54, 1.807) is 0 Å². The Labute approximate surface area is 210 Å². The Morgan fingerprint density at radius 2 is 1.32 bits per heavy atom. The molecule has 0 aromatic heterocycles. The van der Waals surface area contributed by atoms with E-state index in [4.69, 9.17) is 41.1 Å². The van der Waals surface area contributed by atoms with Crippen molar-refractivity contribution >= 4 is 18.1 Å². The van der Waals surface area contributed by atoms with Crippen molar-refractivity contribution in [2.45, 2.75) is 84.8 Å². The molecule has 204 valence electrons. The lowest BCUT2D eigenvalue weighted by molar-refractivity contribution is 0.0452. The highest BCUT2D eigenvalue weighted by Gasteiger charge is 2.39. The molecule has 3 atom stereocenters. The third kappa shape index (κ3) is 15.9. The standard InChI is InChI=1S/C12H26O5Si.C11H24O4Si/c1-4-15-18(16-5-2,17-6-3)9-7-8-13-10-12-11-14-12;1-4-10(12-7-11-8-13-11)9-16(14-5-2)15-6-3/h12H,4-11H2,1-3H3;10-11,16H,4-9H2,1-3H3. The molecule has 0 aliphatic carbocycles. The minimum Gasteiger partial charge on any atom is -0.397 e. The summed E-state index contributed by atoms with van der Waals surface area (Å²) < 4.78 is 50.1. The lowest BCUT2D eigenvalue weighted by Crippen LogP contribution is -2.46. The van der Waals surface area contributed by atoms with Crippen molar-refractivity contribution in [2.75, 3.05) is 66.1 Å². The summed E-state index contributed by atoms with van der Waals surface area (Å²) in [6.07, 6.45) is 2.85. The summed E-state index contributed by atoms with van der Waals surface area (Å²) >= 11 is 0. The van der Waals surface area contributed by atoms with Crippen LogP contribution in [0.4, 0.5) is 0 Å². The molecule has 2 rings (SSSR count). The highest BCUT2D eigenvalue weighted by atomic mass is 28.4. The smallest absolute Gasteiger partial charge is 0.397 e. The third-order valence-electron chi connectivity index (χ3n) is 5.11. The van der Waals surface area contributed by atoms with Crippen molar-refractivity contribution in [3.63, 3.8) is 0 Å². The third-order valence-corrected chi connectivity index (χ3v) is 10.6. The molecule has 11 heteroatoms. The van der Waals surface area contributed by atoms with Crippen molar-refractivity contribution < 1.29 is 41.1 Å². The van der Waals surface area contributed by atoms with Crippen LogP contribution in [0, 0.1) is 0 Å². The second-order valence-corrected chi connectivity index (χ2v) is 12.7. The van der Waals surface area contributed by atoms with E-state index in [0.717, 1.165) is 58.0 Å². The van der Waals surface area contributed by atoms with Gasteiger partial charge < -0.3 is 41.1 Å². The first-order valence-corrected chi connectivity index (χ1v) is 16.8. The van der Waals surface area contributed by atoms with Gasteiger partial charge in [0.05, 0.1) is 32.5 Å². The Balaban J connectivity index is 0.000000342. The van der Waals surface area contributed by atoms with Gasteiger partial charge in [0, 0.05) is 51.7 Å². The van der Waals surface area contributed by atoms with E-state index in [1.165, 1.54) is 0 Å². The van der Waals surface area contributed by atoms with Gasteiger partial charge in [-0.1, -0.05) is 6.92 Å². The molecule has 0 radical (unpaired) electrons. The van der Waals surface area contributed by atoms with Gasteiger partial charge in [-0.05, 0) is 47.5 Å². The zero-order chi connectivity index (χ0) is 25.1. The lowest BCUT2D eigenvalue weighted by atomic mass is 10.3. The van der Waals surface area contributed by atoms with Crippen LogP contribution < -0.4 is 0 Å². The monoisotopic (exact) mass is 526 g/mol. The molecule has 3 unspecified atom stereocenters. The van der Waals surface area contributed by atoms with Gasteiger partial charge >= 0.3 is 18.1 Å². The minimum absolute atomic E-state index is 0.263. The number of ether oxygens (including phenoxy) is 4. The van der Waals surface area contributed by atoms with Gasteiger partial charge in [-0.2, -0.15) is 0 Å². The normalized spacial score (nSPS) is 20.2. The van der Waals surface area contributed by atoms with Gasteiger partial charge in [0.15, 0.2) is 0 Å². The molecule has 2 fully saturated rings. The minimum atomic E-state index is -2.47. The molecule has 2 aliphatic heterocycles. The number of epoxide rings is 2. The topological polar surface area (TPSA) is 89.7 Å². The molecule has 34 heavy (non-hydrogen) atoms. The van der Waals surface area contributed by atoms with E-state index in [9.17, 15) is 0 Å². The SMILES string of the molecule is CCO[SiH](CC(CC)OCC1CO1)OCC.CCO[Si](CCCOCC1CO1)(OCC)OCC. The molecule has 2 aliphatic rings. The zero-order valence-corrected chi connectivity index (χ0v) is 24.5. The van der Waals surface area contributed by atoms with Crippen LogP contribution in [0.25, 0.3) is 0 Å². The number of hydrogen-bond donors (Lipinski definition) is 0. The summed E-state index contributed by atoms with van der Waals surface area (Å²) in [6.45, 7) is 19.3. The number of hydrogen-bond acceptors (Lipinski definition) is 9. The maximum Gasteiger partial charge on any atom is 0.501 e. The summed E-state index contributed by atoms with van der Waals surface area (Å²) in [4.78, 5) is 0. The van der Waals surface area contributed by atoms with E-state index in [1.807, 2.05) is 34.6 Å². The van der Waals surface area contributed by atoms with Gasteiger partial charge in [0.2, 0.25) is 0 Å². The summed E-state index contributed by atoms with van der Waals surface area (Å²) in [6, 6.07) is 1.75. The molecule has 0 aromatic carbocycles. The molecule has 0 bridgehead atoms. The van der Waals surface area contributed by atoms with Gasteiger partial charge in [-0.15, -0.1) is 0 Å². The van der Waals surface area contributed by atoms with Crippen molar-refractivity contribution in [1.82, 2.24) is 0 Å². The van der Waals surface area contributed by atoms with Crippen molar-refractivity contribution in [3.8, 4) is 0 Å². The largest absolute Gasteiger partial charge is 0.501 e. The Hall–Kier alpha value is 0.0738. The van der Waals surface area contributed by atoms with Gasteiger partial charge in [-0.3, -0.25) is 0 Å². The highest BCUT2D eigenvalue weighted by Crippen LogP contribution is 2.19. The maximum absolute atomic E-state index is 5.79. The lowest BCUT2D eigenvalue weighted by Gasteiger charge is -2.28. The molecule has 0 amide bonds. The highest BCUT2D eigenvalue weighted by molar-refractivity contribution is 6.60. The Bertz CT molecular complexity index is 445. The van der Waals surface area contributed by atoms with Crippen LogP contribution in [0.3, 0.4) is 0 Å². The summed E-state index contributed by atoms with van der Waals surface area (Å²) in [7, 11) is -3.99. The molecule has 0 spiro atoms. The van der Waals surface area contributed by atoms with E-state index < -0.39 is 18.1 Å². The molecule has 0 aromatic rings. The molecule has 0 saturated carbocycles. The van der Waals surface area contributed by atoms with Gasteiger partial charge in [-0.25, -0.2) is 0 Å². The molecule has 2 heterocycles. The Morgan fingerprint density at radius 3 is 1.76 bits per heavy atom. The summed E-state index contributed by atoms with van der Waals surface area (Å²) in [5, 5.41) is 0.